The second kappa shape index (κ2) is 7.54. The van der Waals surface area contributed by atoms with Crippen LogP contribution in [0.2, 0.25) is 0 Å². The number of anilines is 2. The molecule has 2 N–H and O–H groups in total. The van der Waals surface area contributed by atoms with E-state index in [-0.39, 0.29) is 11.6 Å². The van der Waals surface area contributed by atoms with Crippen molar-refractivity contribution in [3.63, 3.8) is 0 Å². The molecule has 0 saturated carbocycles. The number of nitrogens with zero attached hydrogens (tertiary/aromatic N) is 3. The van der Waals surface area contributed by atoms with Gasteiger partial charge in [-0.3, -0.25) is 9.89 Å². The van der Waals surface area contributed by atoms with Crippen LogP contribution in [0.5, 0.6) is 0 Å². The highest BCUT2D eigenvalue weighted by molar-refractivity contribution is 7.29. The maximum Gasteiger partial charge on any atom is 0.265 e. The van der Waals surface area contributed by atoms with E-state index in [1.807, 2.05) is 6.07 Å². The van der Waals surface area contributed by atoms with Gasteiger partial charge in [0.1, 0.15) is 10.5 Å². The number of carbonyl (C=O) groups excluding carboxylic acids is 1. The summed E-state index contributed by atoms with van der Waals surface area (Å²) in [7, 11) is 0. The Morgan fingerprint density at radius 1 is 1.21 bits per heavy atom. The molecular weight excluding hydrogens is 413 g/mol. The molecule has 29 heavy (non-hydrogen) atoms. The summed E-state index contributed by atoms with van der Waals surface area (Å²) in [4.78, 5) is 21.0. The lowest BCUT2D eigenvalue weighted by Gasteiger charge is -2.25. The maximum absolute atomic E-state index is 13.6. The van der Waals surface area contributed by atoms with Crippen LogP contribution in [0.25, 0.3) is 20.8 Å². The molecular formula is C19H16FN5O2S2. The van der Waals surface area contributed by atoms with Crippen molar-refractivity contribution < 1.29 is 13.9 Å². The number of amides is 1. The molecule has 1 aliphatic heterocycles. The molecule has 5 rings (SSSR count). The number of nitrogens with one attached hydrogen (secondary N) is 2. The van der Waals surface area contributed by atoms with Crippen LogP contribution in [0.3, 0.4) is 0 Å². The molecule has 0 radical (unpaired) electrons. The first-order valence-corrected chi connectivity index (χ1v) is 10.6. The number of thiophene rings is 1. The summed E-state index contributed by atoms with van der Waals surface area (Å²) < 4.78 is 20.0. The first-order chi connectivity index (χ1) is 14.2. The molecule has 1 fully saturated rings. The fourth-order valence-electron chi connectivity index (χ4n) is 3.11. The fraction of sp³-hybridized carbons (Fsp3) is 0.211. The highest BCUT2D eigenvalue weighted by Gasteiger charge is 2.19. The van der Waals surface area contributed by atoms with Crippen molar-refractivity contribution in [3.8, 4) is 11.3 Å². The Labute approximate surface area is 173 Å². The fourth-order valence-corrected chi connectivity index (χ4v) is 5.27. The number of morpholine rings is 1. The molecule has 0 bridgehead atoms. The summed E-state index contributed by atoms with van der Waals surface area (Å²) in [5.41, 5.74) is 1.52. The van der Waals surface area contributed by atoms with Crippen LogP contribution in [0, 0.1) is 5.82 Å². The number of aromatic nitrogens is 3. The number of aromatic amines is 1. The predicted molar refractivity (Wildman–Crippen MR) is 112 cm³/mol. The summed E-state index contributed by atoms with van der Waals surface area (Å²) in [5, 5.41) is 10.2. The van der Waals surface area contributed by atoms with Crippen molar-refractivity contribution in [1.29, 1.82) is 0 Å². The van der Waals surface area contributed by atoms with Gasteiger partial charge in [-0.15, -0.1) is 11.3 Å². The molecule has 1 saturated heterocycles. The number of hydrogen-bond acceptors (Lipinski definition) is 7. The van der Waals surface area contributed by atoms with Crippen LogP contribution < -0.4 is 10.2 Å². The smallest absolute Gasteiger partial charge is 0.265 e. The molecule has 0 spiro atoms. The number of carbonyl (C=O) groups is 1. The summed E-state index contributed by atoms with van der Waals surface area (Å²) >= 11 is 2.97. The van der Waals surface area contributed by atoms with E-state index in [1.165, 1.54) is 17.5 Å². The second-order valence-electron chi connectivity index (χ2n) is 6.49. The van der Waals surface area contributed by atoms with Crippen molar-refractivity contribution in [2.45, 2.75) is 0 Å². The SMILES string of the molecule is O=C(Nc1ccc(-c2n[nH]cc2F)cc1)c1cc2sc(N3CCOCC3)nc2s1. The van der Waals surface area contributed by atoms with Gasteiger partial charge >= 0.3 is 0 Å². The van der Waals surface area contributed by atoms with Crippen LogP contribution in [0.4, 0.5) is 15.2 Å². The Morgan fingerprint density at radius 2 is 2.00 bits per heavy atom. The molecule has 1 amide bonds. The number of fused-ring (bicyclic) bond motifs is 1. The normalized spacial score (nSPS) is 14.4. The zero-order valence-electron chi connectivity index (χ0n) is 15.1. The molecule has 0 unspecified atom stereocenters. The Hall–Kier alpha value is -2.82. The monoisotopic (exact) mass is 429 g/mol. The van der Waals surface area contributed by atoms with Gasteiger partial charge in [-0.05, 0) is 18.2 Å². The molecule has 3 aromatic heterocycles. The molecule has 0 aliphatic carbocycles. The van der Waals surface area contributed by atoms with Crippen LogP contribution >= 0.6 is 22.7 Å². The molecule has 7 nitrogen and oxygen atoms in total. The minimum absolute atomic E-state index is 0.188. The van der Waals surface area contributed by atoms with Gasteiger partial charge in [0.2, 0.25) is 0 Å². The van der Waals surface area contributed by atoms with Crippen molar-refractivity contribution in [3.05, 3.63) is 47.2 Å². The second-order valence-corrected chi connectivity index (χ2v) is 8.53. The number of thiazole rings is 1. The van der Waals surface area contributed by atoms with E-state index in [1.54, 1.807) is 35.6 Å². The van der Waals surface area contributed by atoms with Crippen molar-refractivity contribution in [1.82, 2.24) is 15.2 Å². The van der Waals surface area contributed by atoms with Crippen molar-refractivity contribution >= 4 is 48.9 Å². The standard InChI is InChI=1S/C19H16FN5O2S2/c20-13-10-21-24-16(13)11-1-3-12(4-2-11)22-17(26)14-9-15-18(28-14)23-19(29-15)25-5-7-27-8-6-25/h1-4,9-10H,5-8H2,(H,21,24)(H,22,26). The average Bonchev–Trinajstić information content (AvgIpc) is 3.44. The molecule has 148 valence electrons. The lowest BCUT2D eigenvalue weighted by Crippen LogP contribution is -2.36. The van der Waals surface area contributed by atoms with Crippen LogP contribution in [-0.4, -0.2) is 47.4 Å². The first kappa shape index (κ1) is 18.2. The van der Waals surface area contributed by atoms with Gasteiger partial charge < -0.3 is 15.0 Å². The Balaban J connectivity index is 1.29. The Bertz CT molecular complexity index is 1130. The van der Waals surface area contributed by atoms with E-state index in [0.717, 1.165) is 27.8 Å². The molecule has 10 heteroatoms. The average molecular weight is 430 g/mol. The van der Waals surface area contributed by atoms with Crippen LogP contribution in [0.1, 0.15) is 9.67 Å². The third-order valence-electron chi connectivity index (χ3n) is 4.59. The Kier molecular flexibility index (Phi) is 4.74. The van der Waals surface area contributed by atoms with Gasteiger partial charge in [0.25, 0.3) is 5.91 Å². The van der Waals surface area contributed by atoms with E-state index in [4.69, 9.17) is 4.74 Å². The quantitative estimate of drug-likeness (QED) is 0.513. The van der Waals surface area contributed by atoms with E-state index in [0.29, 0.717) is 29.3 Å². The maximum atomic E-state index is 13.6. The van der Waals surface area contributed by atoms with Gasteiger partial charge in [-0.2, -0.15) is 5.10 Å². The summed E-state index contributed by atoms with van der Waals surface area (Å²) in [6, 6.07) is 8.78. The number of hydrogen-bond donors (Lipinski definition) is 2. The number of halogens is 1. The minimum atomic E-state index is -0.413. The number of rotatable bonds is 4. The number of benzene rings is 1. The highest BCUT2D eigenvalue weighted by Crippen LogP contribution is 2.35. The number of ether oxygens (including phenoxy) is 1. The van der Waals surface area contributed by atoms with Crippen LogP contribution in [0.15, 0.2) is 36.5 Å². The lowest BCUT2D eigenvalue weighted by atomic mass is 10.1. The van der Waals surface area contributed by atoms with Gasteiger partial charge in [0.15, 0.2) is 10.9 Å². The molecule has 1 aliphatic rings. The zero-order chi connectivity index (χ0) is 19.8. The summed E-state index contributed by atoms with van der Waals surface area (Å²) in [5.74, 6) is -0.601. The third-order valence-corrected chi connectivity index (χ3v) is 6.81. The van der Waals surface area contributed by atoms with Crippen LogP contribution in [-0.2, 0) is 4.74 Å². The van der Waals surface area contributed by atoms with E-state index < -0.39 is 5.82 Å². The lowest BCUT2D eigenvalue weighted by molar-refractivity contribution is 0.103. The predicted octanol–water partition coefficient (Wildman–Crippen LogP) is 3.98. The van der Waals surface area contributed by atoms with Gasteiger partial charge in [0.05, 0.1) is 29.0 Å². The van der Waals surface area contributed by atoms with Gasteiger partial charge in [-0.1, -0.05) is 23.5 Å². The third kappa shape index (κ3) is 3.61. The summed E-state index contributed by atoms with van der Waals surface area (Å²) in [6.07, 6.45) is 1.20. The topological polar surface area (TPSA) is 83.1 Å². The highest BCUT2D eigenvalue weighted by atomic mass is 32.1. The van der Waals surface area contributed by atoms with Crippen molar-refractivity contribution in [2.75, 3.05) is 36.5 Å². The van der Waals surface area contributed by atoms with Gasteiger partial charge in [-0.25, -0.2) is 9.37 Å². The molecule has 0 atom stereocenters. The Morgan fingerprint density at radius 3 is 2.69 bits per heavy atom. The molecule has 4 aromatic rings. The minimum Gasteiger partial charge on any atom is -0.378 e. The first-order valence-electron chi connectivity index (χ1n) is 9.01. The summed E-state index contributed by atoms with van der Waals surface area (Å²) in [6.45, 7) is 3.11. The number of H-pyrrole nitrogens is 1. The molecule has 1 aromatic carbocycles. The zero-order valence-corrected chi connectivity index (χ0v) is 16.8. The van der Waals surface area contributed by atoms with E-state index in [9.17, 15) is 9.18 Å². The van der Waals surface area contributed by atoms with Gasteiger partial charge in [0, 0.05) is 24.3 Å². The molecule has 4 heterocycles. The van der Waals surface area contributed by atoms with Crippen molar-refractivity contribution in [2.24, 2.45) is 0 Å². The largest absolute Gasteiger partial charge is 0.378 e. The van der Waals surface area contributed by atoms with E-state index in [2.05, 4.69) is 25.4 Å². The van der Waals surface area contributed by atoms with E-state index >= 15 is 0 Å².